The molecule has 0 rings (SSSR count). The molecule has 0 aromatic heterocycles. The van der Waals surface area contributed by atoms with E-state index in [1.54, 1.807) is 6.92 Å². The van der Waals surface area contributed by atoms with Crippen LogP contribution in [-0.4, -0.2) is 78.5 Å². The van der Waals surface area contributed by atoms with Crippen molar-refractivity contribution < 1.29 is 24.5 Å². The van der Waals surface area contributed by atoms with E-state index in [4.69, 9.17) is 14.9 Å². The highest BCUT2D eigenvalue weighted by molar-refractivity contribution is 5.80. The van der Waals surface area contributed by atoms with E-state index in [0.717, 1.165) is 4.90 Å². The third-order valence-corrected chi connectivity index (χ3v) is 2.39. The number of aliphatic carboxylic acids is 1. The third kappa shape index (κ3) is 5.50. The van der Waals surface area contributed by atoms with E-state index in [1.165, 1.54) is 19.1 Å². The number of aliphatic hydroxyl groups excluding tert-OH is 1. The Morgan fingerprint density at radius 3 is 2.41 bits per heavy atom. The second-order valence-corrected chi connectivity index (χ2v) is 3.73. The van der Waals surface area contributed by atoms with E-state index >= 15 is 0 Å². The van der Waals surface area contributed by atoms with Gasteiger partial charge in [-0.15, -0.1) is 0 Å². The Morgan fingerprint density at radius 2 is 2.00 bits per heavy atom. The molecule has 0 radical (unpaired) electrons. The summed E-state index contributed by atoms with van der Waals surface area (Å²) >= 11 is 0. The molecule has 17 heavy (non-hydrogen) atoms. The molecule has 1 unspecified atom stereocenters. The lowest BCUT2D eigenvalue weighted by atomic mass is 10.3. The van der Waals surface area contributed by atoms with E-state index in [0.29, 0.717) is 0 Å². The van der Waals surface area contributed by atoms with Crippen molar-refractivity contribution in [3.05, 3.63) is 0 Å². The lowest BCUT2D eigenvalue weighted by Gasteiger charge is -2.30. The van der Waals surface area contributed by atoms with Crippen molar-refractivity contribution in [1.29, 1.82) is 0 Å². The number of carbonyl (C=O) groups excluding carboxylic acids is 1. The Morgan fingerprint density at radius 1 is 1.41 bits per heavy atom. The summed E-state index contributed by atoms with van der Waals surface area (Å²) in [6, 6.07) is -0.799. The molecule has 0 heterocycles. The Hall–Kier alpha value is -1.34. The zero-order valence-electron chi connectivity index (χ0n) is 10.4. The minimum absolute atomic E-state index is 0.173. The van der Waals surface area contributed by atoms with E-state index in [1.807, 2.05) is 0 Å². The number of rotatable bonds is 7. The molecule has 7 heteroatoms. The number of amides is 2. The largest absolute Gasteiger partial charge is 0.480 e. The highest BCUT2D eigenvalue weighted by Crippen LogP contribution is 2.02. The lowest BCUT2D eigenvalue weighted by molar-refractivity contribution is -0.137. The van der Waals surface area contributed by atoms with Crippen molar-refractivity contribution in [1.82, 2.24) is 9.80 Å². The molecule has 2 amide bonds. The summed E-state index contributed by atoms with van der Waals surface area (Å²) in [6.07, 6.45) is 0. The zero-order chi connectivity index (χ0) is 13.4. The maximum absolute atomic E-state index is 11.9. The van der Waals surface area contributed by atoms with Gasteiger partial charge in [0, 0.05) is 20.7 Å². The maximum atomic E-state index is 11.9. The van der Waals surface area contributed by atoms with Crippen molar-refractivity contribution >= 4 is 12.0 Å². The molecule has 0 aliphatic heterocycles. The molecule has 0 aliphatic carbocycles. The molecule has 0 aliphatic rings. The number of ether oxygens (including phenoxy) is 1. The van der Waals surface area contributed by atoms with E-state index in [2.05, 4.69) is 0 Å². The van der Waals surface area contributed by atoms with Crippen LogP contribution in [-0.2, 0) is 9.53 Å². The Balaban J connectivity index is 4.54. The minimum atomic E-state index is -1.08. The predicted molar refractivity (Wildman–Crippen MR) is 60.8 cm³/mol. The molecule has 0 fully saturated rings. The molecule has 100 valence electrons. The number of likely N-dealkylation sites (N-methyl/N-ethyl adjacent to an activating group) is 1. The number of carboxylic acid groups (broad SMARTS) is 1. The first kappa shape index (κ1) is 15.7. The van der Waals surface area contributed by atoms with Gasteiger partial charge in [0.2, 0.25) is 0 Å². The summed E-state index contributed by atoms with van der Waals surface area (Å²) in [5, 5.41) is 17.6. The number of hydrogen-bond acceptors (Lipinski definition) is 4. The van der Waals surface area contributed by atoms with Gasteiger partial charge in [0.05, 0.1) is 19.3 Å². The van der Waals surface area contributed by atoms with Gasteiger partial charge in [-0.3, -0.25) is 4.79 Å². The quantitative estimate of drug-likeness (QED) is 0.631. The monoisotopic (exact) mass is 248 g/mol. The summed E-state index contributed by atoms with van der Waals surface area (Å²) in [4.78, 5) is 25.0. The Labute approximate surface area is 101 Å². The number of nitrogens with zero attached hydrogens (tertiary/aromatic N) is 2. The normalized spacial score (nSPS) is 12.0. The molecule has 0 saturated heterocycles. The highest BCUT2D eigenvalue weighted by atomic mass is 16.5. The molecule has 0 bridgehead atoms. The summed E-state index contributed by atoms with van der Waals surface area (Å²) in [6.45, 7) is 1.58. The predicted octanol–water partition coefficient (Wildman–Crippen LogP) is -0.548. The standard InChI is InChI=1S/C10H20N2O5/c1-8(7-13)11(2)10(16)12(4-5-17-3)6-9(14)15/h8,13H,4-7H2,1-3H3,(H,14,15). The summed E-state index contributed by atoms with van der Waals surface area (Å²) < 4.78 is 4.82. The molecule has 2 N–H and O–H groups in total. The van der Waals surface area contributed by atoms with E-state index in [9.17, 15) is 9.59 Å². The minimum Gasteiger partial charge on any atom is -0.480 e. The first-order chi connectivity index (χ1) is 7.93. The average molecular weight is 248 g/mol. The highest BCUT2D eigenvalue weighted by Gasteiger charge is 2.23. The summed E-state index contributed by atoms with van der Waals surface area (Å²) in [7, 11) is 2.99. The fourth-order valence-corrected chi connectivity index (χ4v) is 1.14. The Kier molecular flexibility index (Phi) is 7.24. The van der Waals surface area contributed by atoms with Gasteiger partial charge in [-0.05, 0) is 6.92 Å². The molecule has 0 aromatic rings. The number of aliphatic hydroxyl groups is 1. The summed E-state index contributed by atoms with van der Waals surface area (Å²) in [5.74, 6) is -1.08. The molecule has 7 nitrogen and oxygen atoms in total. The number of hydrogen-bond donors (Lipinski definition) is 2. The van der Waals surface area contributed by atoms with Gasteiger partial charge in [-0.25, -0.2) is 4.79 Å². The second-order valence-electron chi connectivity index (χ2n) is 3.73. The second kappa shape index (κ2) is 7.86. The molecular weight excluding hydrogens is 228 g/mol. The third-order valence-electron chi connectivity index (χ3n) is 2.39. The number of methoxy groups -OCH3 is 1. The van der Waals surface area contributed by atoms with E-state index < -0.39 is 12.0 Å². The van der Waals surface area contributed by atoms with E-state index in [-0.39, 0.29) is 32.3 Å². The lowest BCUT2D eigenvalue weighted by Crippen LogP contribution is -2.48. The molecule has 0 aromatic carbocycles. The van der Waals surface area contributed by atoms with Gasteiger partial charge >= 0.3 is 12.0 Å². The fraction of sp³-hybridized carbons (Fsp3) is 0.800. The fourth-order valence-electron chi connectivity index (χ4n) is 1.14. The van der Waals surface area contributed by atoms with Gasteiger partial charge in [-0.2, -0.15) is 0 Å². The van der Waals surface area contributed by atoms with Crippen molar-refractivity contribution in [2.75, 3.05) is 40.5 Å². The topological polar surface area (TPSA) is 90.3 Å². The summed E-state index contributed by atoms with van der Waals surface area (Å²) in [5.41, 5.74) is 0. The van der Waals surface area contributed by atoms with Crippen LogP contribution in [0.4, 0.5) is 4.79 Å². The first-order valence-electron chi connectivity index (χ1n) is 5.27. The SMILES string of the molecule is COCCN(CC(=O)O)C(=O)N(C)C(C)CO. The van der Waals surface area contributed by atoms with Gasteiger partial charge in [0.1, 0.15) is 6.54 Å². The van der Waals surface area contributed by atoms with Crippen LogP contribution < -0.4 is 0 Å². The average Bonchev–Trinajstić information content (AvgIpc) is 2.31. The van der Waals surface area contributed by atoms with Crippen LogP contribution in [0.3, 0.4) is 0 Å². The number of urea groups is 1. The van der Waals surface area contributed by atoms with Gasteiger partial charge < -0.3 is 24.7 Å². The van der Waals surface area contributed by atoms with Crippen molar-refractivity contribution in [3.8, 4) is 0 Å². The number of carboxylic acids is 1. The van der Waals surface area contributed by atoms with Gasteiger partial charge in [0.15, 0.2) is 0 Å². The van der Waals surface area contributed by atoms with Crippen LogP contribution in [0.15, 0.2) is 0 Å². The van der Waals surface area contributed by atoms with Crippen LogP contribution in [0.5, 0.6) is 0 Å². The van der Waals surface area contributed by atoms with Crippen LogP contribution in [0.1, 0.15) is 6.92 Å². The zero-order valence-corrected chi connectivity index (χ0v) is 10.4. The van der Waals surface area contributed by atoms with Gasteiger partial charge in [0.25, 0.3) is 0 Å². The smallest absolute Gasteiger partial charge is 0.323 e. The van der Waals surface area contributed by atoms with Crippen LogP contribution in [0.25, 0.3) is 0 Å². The van der Waals surface area contributed by atoms with Crippen molar-refractivity contribution in [2.24, 2.45) is 0 Å². The molecule has 0 spiro atoms. The van der Waals surface area contributed by atoms with Crippen LogP contribution >= 0.6 is 0 Å². The molecule has 1 atom stereocenters. The first-order valence-corrected chi connectivity index (χ1v) is 5.27. The van der Waals surface area contributed by atoms with Crippen LogP contribution in [0, 0.1) is 0 Å². The molecular formula is C10H20N2O5. The number of carbonyl (C=O) groups is 2. The molecule has 0 saturated carbocycles. The van der Waals surface area contributed by atoms with Crippen molar-refractivity contribution in [2.45, 2.75) is 13.0 Å². The van der Waals surface area contributed by atoms with Crippen LogP contribution in [0.2, 0.25) is 0 Å². The maximum Gasteiger partial charge on any atom is 0.323 e. The Bertz CT molecular complexity index is 259. The van der Waals surface area contributed by atoms with Gasteiger partial charge in [-0.1, -0.05) is 0 Å². The van der Waals surface area contributed by atoms with Crippen molar-refractivity contribution in [3.63, 3.8) is 0 Å².